The molecule has 7 heteroatoms. The lowest BCUT2D eigenvalue weighted by Gasteiger charge is -2.21. The van der Waals surface area contributed by atoms with Gasteiger partial charge < -0.3 is 10.6 Å². The highest BCUT2D eigenvalue weighted by Gasteiger charge is 2.21. The highest BCUT2D eigenvalue weighted by atomic mass is 32.1. The number of pyridine rings is 2. The minimum absolute atomic E-state index is 0.162. The Morgan fingerprint density at radius 2 is 2.04 bits per heavy atom. The van der Waals surface area contributed by atoms with Crippen LogP contribution in [0.5, 0.6) is 0 Å². The van der Waals surface area contributed by atoms with E-state index in [-0.39, 0.29) is 5.92 Å². The van der Waals surface area contributed by atoms with Crippen LogP contribution in [-0.4, -0.2) is 40.9 Å². The van der Waals surface area contributed by atoms with E-state index >= 15 is 0 Å². The Balaban J connectivity index is 1.58. The van der Waals surface area contributed by atoms with Crippen molar-refractivity contribution in [2.45, 2.75) is 19.3 Å². The summed E-state index contributed by atoms with van der Waals surface area (Å²) in [5.74, 6) is 0.457. The number of fused-ring (bicyclic) bond motifs is 1. The number of Topliss-reactive ketones (excluding diaryl/α,β-unsaturated/α-hetero) is 1. The van der Waals surface area contributed by atoms with E-state index in [0.29, 0.717) is 12.2 Å². The molecule has 134 valence electrons. The minimum atomic E-state index is 0.162. The molecular formula is C19H21N5OS. The molecule has 0 aromatic carbocycles. The Bertz CT molecular complexity index is 933. The molecule has 0 unspecified atom stereocenters. The summed E-state index contributed by atoms with van der Waals surface area (Å²) in [5.41, 5.74) is 2.68. The van der Waals surface area contributed by atoms with Crippen molar-refractivity contribution < 1.29 is 4.79 Å². The number of nitrogens with one attached hydrogen (secondary N) is 2. The average molecular weight is 367 g/mol. The van der Waals surface area contributed by atoms with Crippen molar-refractivity contribution in [1.82, 2.24) is 20.3 Å². The van der Waals surface area contributed by atoms with Crippen LogP contribution in [0.4, 0.5) is 5.13 Å². The Morgan fingerprint density at radius 3 is 2.81 bits per heavy atom. The third-order valence-corrected chi connectivity index (χ3v) is 5.84. The van der Waals surface area contributed by atoms with E-state index in [1.165, 1.54) is 0 Å². The molecule has 0 bridgehead atoms. The molecule has 26 heavy (non-hydrogen) atoms. The molecule has 0 radical (unpaired) electrons. The Kier molecular flexibility index (Phi) is 4.90. The van der Waals surface area contributed by atoms with Crippen LogP contribution >= 0.6 is 11.3 Å². The van der Waals surface area contributed by atoms with Crippen molar-refractivity contribution in [3.05, 3.63) is 36.4 Å². The third kappa shape index (κ3) is 3.59. The monoisotopic (exact) mass is 367 g/mol. The lowest BCUT2D eigenvalue weighted by Crippen LogP contribution is -2.32. The van der Waals surface area contributed by atoms with Crippen LogP contribution in [0.1, 0.15) is 18.5 Å². The molecule has 0 spiro atoms. The molecule has 1 saturated heterocycles. The van der Waals surface area contributed by atoms with Gasteiger partial charge in [-0.15, -0.1) is 0 Å². The fourth-order valence-electron chi connectivity index (χ4n) is 3.30. The smallest absolute Gasteiger partial charge is 0.182 e. The van der Waals surface area contributed by atoms with Gasteiger partial charge in [-0.1, -0.05) is 11.3 Å². The molecule has 3 aromatic heterocycles. The zero-order valence-electron chi connectivity index (χ0n) is 14.7. The van der Waals surface area contributed by atoms with Crippen LogP contribution in [-0.2, 0) is 11.2 Å². The molecule has 1 aliphatic rings. The lowest BCUT2D eigenvalue weighted by molar-refractivity contribution is -0.123. The Morgan fingerprint density at radius 1 is 1.19 bits per heavy atom. The third-order valence-electron chi connectivity index (χ3n) is 4.78. The van der Waals surface area contributed by atoms with E-state index in [2.05, 4.69) is 31.7 Å². The molecule has 0 aliphatic carbocycles. The molecular weight excluding hydrogens is 346 g/mol. The summed E-state index contributed by atoms with van der Waals surface area (Å²) >= 11 is 1.59. The standard InChI is InChI=1S/C19H21N5OS/c1-20-19-24-11-18(26-19)14-6-13-7-15(22-10-16(13)23-9-14)8-17(25)12-2-4-21-5-3-12/h6-7,9-12,21H,2-5,8H2,1H3,(H,20,24). The van der Waals surface area contributed by atoms with Gasteiger partial charge in [-0.05, 0) is 38.1 Å². The summed E-state index contributed by atoms with van der Waals surface area (Å²) < 4.78 is 0. The molecule has 0 atom stereocenters. The first-order chi connectivity index (χ1) is 12.7. The molecule has 2 N–H and O–H groups in total. The van der Waals surface area contributed by atoms with Crippen LogP contribution in [0.3, 0.4) is 0 Å². The molecule has 1 aliphatic heterocycles. The van der Waals surface area contributed by atoms with E-state index in [0.717, 1.165) is 58.1 Å². The fraction of sp³-hybridized carbons (Fsp3) is 0.368. The topological polar surface area (TPSA) is 79.8 Å². The quantitative estimate of drug-likeness (QED) is 0.722. The fourth-order valence-corrected chi connectivity index (χ4v) is 4.05. The zero-order valence-corrected chi connectivity index (χ0v) is 15.5. The van der Waals surface area contributed by atoms with Crippen LogP contribution in [0.2, 0.25) is 0 Å². The van der Waals surface area contributed by atoms with E-state index in [1.54, 1.807) is 17.5 Å². The van der Waals surface area contributed by atoms with E-state index in [1.807, 2.05) is 25.5 Å². The number of anilines is 1. The highest BCUT2D eigenvalue weighted by molar-refractivity contribution is 7.18. The highest BCUT2D eigenvalue weighted by Crippen LogP contribution is 2.30. The summed E-state index contributed by atoms with van der Waals surface area (Å²) in [6.07, 6.45) is 7.71. The number of piperidine rings is 1. The average Bonchev–Trinajstić information content (AvgIpc) is 3.17. The number of hydrogen-bond donors (Lipinski definition) is 2. The van der Waals surface area contributed by atoms with Gasteiger partial charge in [0.1, 0.15) is 5.78 Å². The van der Waals surface area contributed by atoms with Crippen molar-refractivity contribution >= 4 is 33.2 Å². The normalized spacial score (nSPS) is 15.3. The van der Waals surface area contributed by atoms with Gasteiger partial charge in [0.05, 0.1) is 16.6 Å². The molecule has 4 rings (SSSR count). The van der Waals surface area contributed by atoms with Crippen molar-refractivity contribution in [2.24, 2.45) is 5.92 Å². The summed E-state index contributed by atoms with van der Waals surface area (Å²) in [4.78, 5) is 26.9. The van der Waals surface area contributed by atoms with Crippen molar-refractivity contribution in [1.29, 1.82) is 0 Å². The van der Waals surface area contributed by atoms with Gasteiger partial charge in [-0.2, -0.15) is 0 Å². The first-order valence-corrected chi connectivity index (χ1v) is 9.66. The number of hydrogen-bond acceptors (Lipinski definition) is 7. The van der Waals surface area contributed by atoms with Gasteiger partial charge in [-0.3, -0.25) is 14.8 Å². The first kappa shape index (κ1) is 17.1. The van der Waals surface area contributed by atoms with Crippen LogP contribution in [0.25, 0.3) is 21.3 Å². The van der Waals surface area contributed by atoms with E-state index < -0.39 is 0 Å². The van der Waals surface area contributed by atoms with Crippen LogP contribution in [0, 0.1) is 5.92 Å². The number of thiazole rings is 1. The second-order valence-corrected chi connectivity index (χ2v) is 7.57. The number of aromatic nitrogens is 3. The maximum absolute atomic E-state index is 12.5. The molecule has 0 amide bonds. The maximum atomic E-state index is 12.5. The summed E-state index contributed by atoms with van der Waals surface area (Å²) in [5, 5.41) is 8.23. The maximum Gasteiger partial charge on any atom is 0.182 e. The van der Waals surface area contributed by atoms with Gasteiger partial charge in [0.25, 0.3) is 0 Å². The number of carbonyl (C=O) groups excluding carboxylic acids is 1. The van der Waals surface area contributed by atoms with E-state index in [4.69, 9.17) is 0 Å². The van der Waals surface area contributed by atoms with Gasteiger partial charge in [-0.25, -0.2) is 4.98 Å². The molecule has 0 saturated carbocycles. The minimum Gasteiger partial charge on any atom is -0.365 e. The largest absolute Gasteiger partial charge is 0.365 e. The first-order valence-electron chi connectivity index (χ1n) is 8.85. The van der Waals surface area contributed by atoms with Crippen LogP contribution < -0.4 is 10.6 Å². The van der Waals surface area contributed by atoms with Gasteiger partial charge in [0.2, 0.25) is 0 Å². The zero-order chi connectivity index (χ0) is 17.9. The Hall–Kier alpha value is -2.38. The SMILES string of the molecule is CNc1ncc(-c2cnc3cnc(CC(=O)C4CCNCC4)cc3c2)s1. The summed E-state index contributed by atoms with van der Waals surface area (Å²) in [6, 6.07) is 4.08. The lowest BCUT2D eigenvalue weighted by atomic mass is 9.91. The predicted molar refractivity (Wildman–Crippen MR) is 104 cm³/mol. The van der Waals surface area contributed by atoms with Gasteiger partial charge in [0.15, 0.2) is 5.13 Å². The van der Waals surface area contributed by atoms with Crippen molar-refractivity contribution in [2.75, 3.05) is 25.5 Å². The van der Waals surface area contributed by atoms with Crippen molar-refractivity contribution in [3.63, 3.8) is 0 Å². The predicted octanol–water partition coefficient (Wildman–Crippen LogP) is 2.91. The number of carbonyl (C=O) groups is 1. The molecule has 1 fully saturated rings. The molecule has 6 nitrogen and oxygen atoms in total. The number of rotatable bonds is 5. The second-order valence-electron chi connectivity index (χ2n) is 6.54. The van der Waals surface area contributed by atoms with Crippen molar-refractivity contribution in [3.8, 4) is 10.4 Å². The van der Waals surface area contributed by atoms with Crippen LogP contribution in [0.15, 0.2) is 30.7 Å². The molecule has 4 heterocycles. The number of nitrogens with zero attached hydrogens (tertiary/aromatic N) is 3. The van der Waals surface area contributed by atoms with Gasteiger partial charge in [0, 0.05) is 48.4 Å². The summed E-state index contributed by atoms with van der Waals surface area (Å²) in [6.45, 7) is 1.86. The van der Waals surface area contributed by atoms with E-state index in [9.17, 15) is 4.79 Å². The summed E-state index contributed by atoms with van der Waals surface area (Å²) in [7, 11) is 1.86. The second kappa shape index (κ2) is 7.47. The van der Waals surface area contributed by atoms with Gasteiger partial charge >= 0.3 is 0 Å². The number of ketones is 1. The molecule has 3 aromatic rings. The Labute approximate surface area is 156 Å².